The summed E-state index contributed by atoms with van der Waals surface area (Å²) in [5, 5.41) is 29.0. The van der Waals surface area contributed by atoms with Crippen molar-refractivity contribution in [2.75, 3.05) is 0 Å². The number of nitrogens with one attached hydrogen (secondary N) is 1. The molecule has 0 radical (unpaired) electrons. The molecule has 1 saturated carbocycles. The Balaban J connectivity index is 1.37. The van der Waals surface area contributed by atoms with E-state index in [0.717, 1.165) is 39.9 Å². The van der Waals surface area contributed by atoms with E-state index in [2.05, 4.69) is 25.6 Å². The molecule has 2 aliphatic rings. The average molecular weight is 459 g/mol. The van der Waals surface area contributed by atoms with Gasteiger partial charge in [-0.05, 0) is 48.4 Å². The molecule has 0 bridgehead atoms. The maximum absolute atomic E-state index is 12.9. The SMILES string of the molecule is N#Cc1cc(C(F)(F)F)ccc1CSC1=NC2(CC2)c2cc(-c3cn[nH]n3)nnc2S1. The number of nitrogens with zero attached hydrogens (tertiary/aromatic N) is 6. The second-order valence-electron chi connectivity index (χ2n) is 7.09. The van der Waals surface area contributed by atoms with Crippen LogP contribution < -0.4 is 0 Å². The molecule has 12 heteroatoms. The van der Waals surface area contributed by atoms with Gasteiger partial charge in [0.25, 0.3) is 0 Å². The van der Waals surface area contributed by atoms with Crippen molar-refractivity contribution in [3.8, 4) is 17.5 Å². The lowest BCUT2D eigenvalue weighted by molar-refractivity contribution is -0.137. The topological polar surface area (TPSA) is 104 Å². The van der Waals surface area contributed by atoms with Crippen molar-refractivity contribution in [1.29, 1.82) is 5.26 Å². The van der Waals surface area contributed by atoms with Crippen molar-refractivity contribution in [2.24, 2.45) is 4.99 Å². The first-order valence-corrected chi connectivity index (χ1v) is 10.9. The van der Waals surface area contributed by atoms with Crippen LogP contribution in [0, 0.1) is 11.3 Å². The van der Waals surface area contributed by atoms with Crippen LogP contribution in [0.4, 0.5) is 13.2 Å². The van der Waals surface area contributed by atoms with E-state index in [-0.39, 0.29) is 11.1 Å². The number of rotatable bonds is 3. The first-order valence-electron chi connectivity index (χ1n) is 9.13. The minimum Gasteiger partial charge on any atom is -0.260 e. The monoisotopic (exact) mass is 459 g/mol. The molecule has 156 valence electrons. The Kier molecular flexibility index (Phi) is 4.75. The van der Waals surface area contributed by atoms with Crippen LogP contribution in [0.2, 0.25) is 0 Å². The molecule has 3 heterocycles. The number of nitriles is 1. The Morgan fingerprint density at radius 3 is 2.71 bits per heavy atom. The fraction of sp³-hybridized carbons (Fsp3) is 0.263. The molecule has 1 aliphatic heterocycles. The van der Waals surface area contributed by atoms with Gasteiger partial charge in [-0.1, -0.05) is 17.8 Å². The Hall–Kier alpha value is -2.91. The van der Waals surface area contributed by atoms with Gasteiger partial charge in [0, 0.05) is 11.3 Å². The summed E-state index contributed by atoms with van der Waals surface area (Å²) in [5.41, 5.74) is 1.61. The summed E-state index contributed by atoms with van der Waals surface area (Å²) in [7, 11) is 0. The smallest absolute Gasteiger partial charge is 0.260 e. The van der Waals surface area contributed by atoms with E-state index in [0.29, 0.717) is 22.7 Å². The van der Waals surface area contributed by atoms with E-state index < -0.39 is 11.7 Å². The highest BCUT2D eigenvalue weighted by Gasteiger charge is 2.49. The van der Waals surface area contributed by atoms with Crippen molar-refractivity contribution in [1.82, 2.24) is 25.6 Å². The Bertz CT molecular complexity index is 1230. The Morgan fingerprint density at radius 2 is 2.03 bits per heavy atom. The minimum atomic E-state index is -4.48. The number of hydrogen-bond donors (Lipinski definition) is 1. The highest BCUT2D eigenvalue weighted by molar-refractivity contribution is 8.38. The third kappa shape index (κ3) is 3.79. The molecule has 0 amide bonds. The highest BCUT2D eigenvalue weighted by Crippen LogP contribution is 2.56. The van der Waals surface area contributed by atoms with Crippen LogP contribution in [-0.4, -0.2) is 30.0 Å². The quantitative estimate of drug-likeness (QED) is 0.613. The molecule has 1 aliphatic carbocycles. The number of thioether (sulfide) groups is 2. The van der Waals surface area contributed by atoms with Gasteiger partial charge in [-0.2, -0.15) is 33.8 Å². The zero-order chi connectivity index (χ0) is 21.6. The van der Waals surface area contributed by atoms with Crippen LogP contribution in [0.1, 0.15) is 35.1 Å². The first kappa shape index (κ1) is 20.0. The second kappa shape index (κ2) is 7.35. The van der Waals surface area contributed by atoms with Gasteiger partial charge in [0.1, 0.15) is 20.8 Å². The summed E-state index contributed by atoms with van der Waals surface area (Å²) in [4.78, 5) is 4.88. The second-order valence-corrected chi connectivity index (χ2v) is 9.29. The molecule has 31 heavy (non-hydrogen) atoms. The number of aromatic nitrogens is 5. The normalized spacial score (nSPS) is 16.5. The number of aromatic amines is 1. The molecule has 0 atom stereocenters. The number of benzene rings is 1. The van der Waals surface area contributed by atoms with E-state index in [9.17, 15) is 18.4 Å². The third-order valence-electron chi connectivity index (χ3n) is 5.06. The number of halogens is 3. The molecule has 3 aromatic rings. The molecule has 7 nitrogen and oxygen atoms in total. The third-order valence-corrected chi connectivity index (χ3v) is 7.22. The van der Waals surface area contributed by atoms with Gasteiger partial charge in [0.15, 0.2) is 0 Å². The van der Waals surface area contributed by atoms with Gasteiger partial charge in [-0.3, -0.25) is 4.99 Å². The maximum atomic E-state index is 12.9. The van der Waals surface area contributed by atoms with Crippen LogP contribution in [0.3, 0.4) is 0 Å². The van der Waals surface area contributed by atoms with Crippen molar-refractivity contribution in [2.45, 2.75) is 35.3 Å². The lowest BCUT2D eigenvalue weighted by Crippen LogP contribution is -2.14. The van der Waals surface area contributed by atoms with Crippen molar-refractivity contribution in [3.05, 3.63) is 52.7 Å². The molecular formula is C19H12F3N7S2. The molecule has 1 N–H and O–H groups in total. The van der Waals surface area contributed by atoms with Gasteiger partial charge in [-0.15, -0.1) is 10.2 Å². The van der Waals surface area contributed by atoms with Crippen molar-refractivity contribution < 1.29 is 13.2 Å². The van der Waals surface area contributed by atoms with E-state index in [1.807, 2.05) is 12.1 Å². The summed E-state index contributed by atoms with van der Waals surface area (Å²) >= 11 is 2.76. The van der Waals surface area contributed by atoms with Crippen LogP contribution >= 0.6 is 23.5 Å². The summed E-state index contributed by atoms with van der Waals surface area (Å²) in [6, 6.07) is 7.05. The van der Waals surface area contributed by atoms with Crippen LogP contribution in [-0.2, 0) is 17.5 Å². The number of alkyl halides is 3. The van der Waals surface area contributed by atoms with Gasteiger partial charge in [0.2, 0.25) is 0 Å². The molecular weight excluding hydrogens is 447 g/mol. The van der Waals surface area contributed by atoms with E-state index >= 15 is 0 Å². The number of hydrogen-bond acceptors (Lipinski definition) is 8. The van der Waals surface area contributed by atoms with E-state index in [1.54, 1.807) is 6.20 Å². The van der Waals surface area contributed by atoms with Gasteiger partial charge < -0.3 is 0 Å². The van der Waals surface area contributed by atoms with Crippen molar-refractivity contribution in [3.63, 3.8) is 0 Å². The lowest BCUT2D eigenvalue weighted by Gasteiger charge is -2.21. The van der Waals surface area contributed by atoms with Gasteiger partial charge in [-0.25, -0.2) is 0 Å². The molecule has 0 unspecified atom stereocenters. The zero-order valence-electron chi connectivity index (χ0n) is 15.6. The molecule has 5 rings (SSSR count). The largest absolute Gasteiger partial charge is 0.416 e. The fourth-order valence-electron chi connectivity index (χ4n) is 3.26. The lowest BCUT2D eigenvalue weighted by atomic mass is 10.1. The number of fused-ring (bicyclic) bond motifs is 2. The molecule has 1 aromatic carbocycles. The Morgan fingerprint density at radius 1 is 1.19 bits per heavy atom. The maximum Gasteiger partial charge on any atom is 0.416 e. The standard InChI is InChI=1S/C19H12F3N7S2/c20-19(21,22)12-2-1-10(11(5-12)7-23)9-30-17-25-18(3-4-18)13-6-14(15-8-24-29-27-15)26-28-16(13)31-17/h1-2,5-6,8H,3-4,9H2,(H,24,27,29). The van der Waals surface area contributed by atoms with Crippen molar-refractivity contribution >= 4 is 27.9 Å². The predicted octanol–water partition coefficient (Wildman–Crippen LogP) is 4.54. The summed E-state index contributed by atoms with van der Waals surface area (Å²) < 4.78 is 39.5. The van der Waals surface area contributed by atoms with Crippen LogP contribution in [0.25, 0.3) is 11.4 Å². The highest BCUT2D eigenvalue weighted by atomic mass is 32.2. The molecule has 0 saturated heterocycles. The van der Waals surface area contributed by atoms with Crippen LogP contribution in [0.15, 0.2) is 40.5 Å². The predicted molar refractivity (Wildman–Crippen MR) is 109 cm³/mol. The summed E-state index contributed by atoms with van der Waals surface area (Å²) in [6.45, 7) is 0. The van der Waals surface area contributed by atoms with E-state index in [1.165, 1.54) is 29.6 Å². The summed E-state index contributed by atoms with van der Waals surface area (Å²) in [5.74, 6) is 0.336. The van der Waals surface area contributed by atoms with E-state index in [4.69, 9.17) is 4.99 Å². The van der Waals surface area contributed by atoms with Gasteiger partial charge >= 0.3 is 6.18 Å². The Labute approximate surface area is 182 Å². The molecule has 2 aromatic heterocycles. The number of aliphatic imine (C=N–C) groups is 1. The fourth-order valence-corrected chi connectivity index (χ4v) is 5.51. The molecule has 1 fully saturated rings. The van der Waals surface area contributed by atoms with Crippen LogP contribution in [0.5, 0.6) is 0 Å². The molecule has 1 spiro atoms. The zero-order valence-corrected chi connectivity index (χ0v) is 17.3. The number of H-pyrrole nitrogens is 1. The minimum absolute atomic E-state index is 0.0160. The van der Waals surface area contributed by atoms with Gasteiger partial charge in [0.05, 0.1) is 28.9 Å². The average Bonchev–Trinajstić information content (AvgIpc) is 3.30. The first-order chi connectivity index (χ1) is 14.9. The summed E-state index contributed by atoms with van der Waals surface area (Å²) in [6.07, 6.45) is -1.13.